The fourth-order valence-electron chi connectivity index (χ4n) is 2.57. The Morgan fingerprint density at radius 1 is 1.04 bits per heavy atom. The summed E-state index contributed by atoms with van der Waals surface area (Å²) in [5.41, 5.74) is 6.72. The summed E-state index contributed by atoms with van der Waals surface area (Å²) in [6.07, 6.45) is 0. The third-order valence-electron chi connectivity index (χ3n) is 3.87. The minimum atomic E-state index is -3.67. The first-order valence-corrected chi connectivity index (χ1v) is 9.29. The Bertz CT molecular complexity index is 803. The van der Waals surface area contributed by atoms with Gasteiger partial charge in [0.05, 0.1) is 30.8 Å². The van der Waals surface area contributed by atoms with Crippen LogP contribution < -0.4 is 10.5 Å². The van der Waals surface area contributed by atoms with Gasteiger partial charge in [0.1, 0.15) is 5.75 Å². The maximum absolute atomic E-state index is 12.6. The van der Waals surface area contributed by atoms with Gasteiger partial charge in [-0.1, -0.05) is 30.3 Å². The maximum Gasteiger partial charge on any atom is 0.314 e. The smallest absolute Gasteiger partial charge is 0.314 e. The molecule has 0 aliphatic carbocycles. The Morgan fingerprint density at radius 3 is 2.16 bits per heavy atom. The Kier molecular flexibility index (Phi) is 6.17. The van der Waals surface area contributed by atoms with Gasteiger partial charge in [-0.05, 0) is 29.8 Å². The molecule has 0 heterocycles. The van der Waals surface area contributed by atoms with E-state index in [1.54, 1.807) is 42.5 Å². The van der Waals surface area contributed by atoms with Crippen LogP contribution in [0.25, 0.3) is 0 Å². The van der Waals surface area contributed by atoms with Gasteiger partial charge in [-0.2, -0.15) is 0 Å². The average molecular weight is 363 g/mol. The molecule has 0 aliphatic rings. The van der Waals surface area contributed by atoms with Gasteiger partial charge >= 0.3 is 5.97 Å². The third kappa shape index (κ3) is 4.58. The highest BCUT2D eigenvalue weighted by molar-refractivity contribution is 7.91. The van der Waals surface area contributed by atoms with E-state index in [4.69, 9.17) is 15.2 Å². The summed E-state index contributed by atoms with van der Waals surface area (Å²) in [4.78, 5) is 12.3. The van der Waals surface area contributed by atoms with Crippen LogP contribution >= 0.6 is 0 Å². The Balaban J connectivity index is 2.27. The second-order valence-corrected chi connectivity index (χ2v) is 7.57. The van der Waals surface area contributed by atoms with Crippen LogP contribution in [0, 0.1) is 0 Å². The van der Waals surface area contributed by atoms with Crippen molar-refractivity contribution in [1.82, 2.24) is 0 Å². The van der Waals surface area contributed by atoms with Crippen LogP contribution in [-0.2, 0) is 19.4 Å². The van der Waals surface area contributed by atoms with Gasteiger partial charge in [0.15, 0.2) is 9.84 Å². The molecule has 2 rings (SSSR count). The largest absolute Gasteiger partial charge is 0.497 e. The Hall–Kier alpha value is -2.38. The molecule has 0 aromatic heterocycles. The quantitative estimate of drug-likeness (QED) is 0.753. The number of rotatable bonds is 7. The highest BCUT2D eigenvalue weighted by atomic mass is 32.2. The van der Waals surface area contributed by atoms with Gasteiger partial charge in [-0.15, -0.1) is 0 Å². The van der Waals surface area contributed by atoms with Crippen molar-refractivity contribution >= 4 is 15.8 Å². The van der Waals surface area contributed by atoms with E-state index >= 15 is 0 Å². The molecular formula is C18H21NO5S. The van der Waals surface area contributed by atoms with Crippen molar-refractivity contribution in [3.05, 3.63) is 60.2 Å². The summed E-state index contributed by atoms with van der Waals surface area (Å²) in [5.74, 6) is -1.25. The van der Waals surface area contributed by atoms with E-state index in [1.807, 2.05) is 0 Å². The van der Waals surface area contributed by atoms with Gasteiger partial charge in [-0.25, -0.2) is 8.42 Å². The highest BCUT2D eigenvalue weighted by Gasteiger charge is 2.32. The van der Waals surface area contributed by atoms with Crippen LogP contribution in [-0.4, -0.2) is 40.4 Å². The molecule has 2 aromatic rings. The summed E-state index contributed by atoms with van der Waals surface area (Å²) >= 11 is 0. The molecule has 0 spiro atoms. The van der Waals surface area contributed by atoms with Gasteiger partial charge in [0, 0.05) is 6.04 Å². The lowest BCUT2D eigenvalue weighted by molar-refractivity contribution is -0.142. The molecule has 25 heavy (non-hydrogen) atoms. The van der Waals surface area contributed by atoms with Crippen LogP contribution in [0.15, 0.2) is 59.5 Å². The number of carbonyl (C=O) groups is 1. The second kappa shape index (κ2) is 8.13. The van der Waals surface area contributed by atoms with Gasteiger partial charge in [0.2, 0.25) is 0 Å². The van der Waals surface area contributed by atoms with Crippen LogP contribution in [0.3, 0.4) is 0 Å². The highest BCUT2D eigenvalue weighted by Crippen LogP contribution is 2.24. The van der Waals surface area contributed by atoms with E-state index in [1.165, 1.54) is 26.4 Å². The lowest BCUT2D eigenvalue weighted by Crippen LogP contribution is -2.40. The molecule has 7 heteroatoms. The Morgan fingerprint density at radius 2 is 1.64 bits per heavy atom. The lowest BCUT2D eigenvalue weighted by atomic mass is 9.93. The topological polar surface area (TPSA) is 95.7 Å². The second-order valence-electron chi connectivity index (χ2n) is 5.53. The van der Waals surface area contributed by atoms with Crippen molar-refractivity contribution < 1.29 is 22.7 Å². The molecule has 0 bridgehead atoms. The molecular weight excluding hydrogens is 342 g/mol. The van der Waals surface area contributed by atoms with Gasteiger partial charge < -0.3 is 15.2 Å². The van der Waals surface area contributed by atoms with Gasteiger partial charge in [-0.3, -0.25) is 4.79 Å². The van der Waals surface area contributed by atoms with Crippen molar-refractivity contribution in [2.24, 2.45) is 5.73 Å². The number of ether oxygens (including phenoxy) is 2. The number of methoxy groups -OCH3 is 2. The van der Waals surface area contributed by atoms with Crippen molar-refractivity contribution in [3.63, 3.8) is 0 Å². The molecule has 2 aromatic carbocycles. The SMILES string of the molecule is COC(=O)C(c1ccccc1)C(N)CS(=O)(=O)c1ccc(OC)cc1. The van der Waals surface area contributed by atoms with Crippen molar-refractivity contribution in [1.29, 1.82) is 0 Å². The van der Waals surface area contributed by atoms with E-state index in [0.717, 1.165) is 0 Å². The van der Waals surface area contributed by atoms with E-state index in [0.29, 0.717) is 11.3 Å². The minimum absolute atomic E-state index is 0.125. The summed E-state index contributed by atoms with van der Waals surface area (Å²) in [6, 6.07) is 13.9. The predicted molar refractivity (Wildman–Crippen MR) is 94.2 cm³/mol. The number of hydrogen-bond acceptors (Lipinski definition) is 6. The zero-order chi connectivity index (χ0) is 18.4. The zero-order valence-corrected chi connectivity index (χ0v) is 14.9. The first kappa shape index (κ1) is 19.0. The van der Waals surface area contributed by atoms with Crippen molar-refractivity contribution in [2.45, 2.75) is 16.9 Å². The summed E-state index contributed by atoms with van der Waals surface area (Å²) in [6.45, 7) is 0. The summed E-state index contributed by atoms with van der Waals surface area (Å²) < 4.78 is 35.1. The number of esters is 1. The summed E-state index contributed by atoms with van der Waals surface area (Å²) in [5, 5.41) is 0. The van der Waals surface area contributed by atoms with Crippen molar-refractivity contribution in [3.8, 4) is 5.75 Å². The molecule has 0 fully saturated rings. The standard InChI is InChI=1S/C18H21NO5S/c1-23-14-8-10-15(11-9-14)25(21,22)12-16(19)17(18(20)24-2)13-6-4-3-5-7-13/h3-11,16-17H,12,19H2,1-2H3. The van der Waals surface area contributed by atoms with Crippen LogP contribution in [0.1, 0.15) is 11.5 Å². The number of sulfone groups is 1. The molecule has 0 radical (unpaired) electrons. The molecule has 2 unspecified atom stereocenters. The molecule has 0 amide bonds. The first-order chi connectivity index (χ1) is 11.9. The fourth-order valence-corrected chi connectivity index (χ4v) is 4.02. The van der Waals surface area contributed by atoms with E-state index in [2.05, 4.69) is 0 Å². The third-order valence-corrected chi connectivity index (χ3v) is 5.69. The van der Waals surface area contributed by atoms with Crippen LogP contribution in [0.4, 0.5) is 0 Å². The Labute approximate surface area is 147 Å². The number of nitrogens with two attached hydrogens (primary N) is 1. The summed E-state index contributed by atoms with van der Waals surface area (Å²) in [7, 11) is -0.914. The van der Waals surface area contributed by atoms with E-state index in [9.17, 15) is 13.2 Å². The monoisotopic (exact) mass is 363 g/mol. The fraction of sp³-hybridized carbons (Fsp3) is 0.278. The molecule has 0 saturated heterocycles. The molecule has 2 atom stereocenters. The lowest BCUT2D eigenvalue weighted by Gasteiger charge is -2.22. The number of hydrogen-bond donors (Lipinski definition) is 1. The van der Waals surface area contributed by atoms with Crippen LogP contribution in [0.5, 0.6) is 5.75 Å². The van der Waals surface area contributed by atoms with E-state index in [-0.39, 0.29) is 10.6 Å². The molecule has 2 N–H and O–H groups in total. The molecule has 6 nitrogen and oxygen atoms in total. The van der Waals surface area contributed by atoms with Crippen LogP contribution in [0.2, 0.25) is 0 Å². The molecule has 134 valence electrons. The number of benzene rings is 2. The maximum atomic E-state index is 12.6. The molecule has 0 saturated carbocycles. The first-order valence-electron chi connectivity index (χ1n) is 7.64. The predicted octanol–water partition coefficient (Wildman–Crippen LogP) is 1.75. The zero-order valence-electron chi connectivity index (χ0n) is 14.1. The van der Waals surface area contributed by atoms with Gasteiger partial charge in [0.25, 0.3) is 0 Å². The average Bonchev–Trinajstić information content (AvgIpc) is 2.62. The van der Waals surface area contributed by atoms with E-state index < -0.39 is 27.8 Å². The molecule has 0 aliphatic heterocycles. The van der Waals surface area contributed by atoms with Crippen molar-refractivity contribution in [2.75, 3.05) is 20.0 Å². The normalized spacial score (nSPS) is 13.7. The minimum Gasteiger partial charge on any atom is -0.497 e. The number of carbonyl (C=O) groups excluding carboxylic acids is 1.